The van der Waals surface area contributed by atoms with Crippen LogP contribution in [0.15, 0.2) is 0 Å². The lowest BCUT2D eigenvalue weighted by Gasteiger charge is -2.51. The van der Waals surface area contributed by atoms with Crippen LogP contribution in [0.5, 0.6) is 0 Å². The summed E-state index contributed by atoms with van der Waals surface area (Å²) in [6.07, 6.45) is 9.43. The third-order valence-electron chi connectivity index (χ3n) is 7.69. The Balaban J connectivity index is 1.93. The van der Waals surface area contributed by atoms with Gasteiger partial charge in [-0.25, -0.2) is 0 Å². The quantitative estimate of drug-likeness (QED) is 0.615. The lowest BCUT2D eigenvalue weighted by molar-refractivity contribution is -0.167. The van der Waals surface area contributed by atoms with Crippen LogP contribution in [-0.4, -0.2) is 50.2 Å². The average Bonchev–Trinajstić information content (AvgIpc) is 3.45. The summed E-state index contributed by atoms with van der Waals surface area (Å²) in [6.45, 7) is 3.76. The fraction of sp³-hybridized carbons (Fsp3) is 0.905. The largest absolute Gasteiger partial charge is 0.388 e. The van der Waals surface area contributed by atoms with Crippen LogP contribution in [0.2, 0.25) is 0 Å². The molecule has 6 heteroatoms. The van der Waals surface area contributed by atoms with Crippen LogP contribution in [0.1, 0.15) is 90.9 Å². The van der Waals surface area contributed by atoms with E-state index in [1.807, 2.05) is 13.8 Å². The zero-order valence-electron chi connectivity index (χ0n) is 16.9. The number of hydrogen-bond acceptors (Lipinski definition) is 4. The standard InChI is InChI=1S/C21H36N2O4/c1-15(20(26)9-5-3-6-10-20)23(18(25)19(13-14-19)17(22)24)16(2)21(27)11-7-4-8-12-21/h15-16,26-27H,3-14H2,1-2H3,(H2,22,24)/t15-,16-/m1/s1. The summed E-state index contributed by atoms with van der Waals surface area (Å²) in [6, 6.07) is -0.911. The van der Waals surface area contributed by atoms with E-state index >= 15 is 0 Å². The molecule has 0 spiro atoms. The summed E-state index contributed by atoms with van der Waals surface area (Å²) in [4.78, 5) is 27.2. The van der Waals surface area contributed by atoms with E-state index < -0.39 is 34.6 Å². The summed E-state index contributed by atoms with van der Waals surface area (Å²) in [5.41, 5.74) is 2.50. The first-order chi connectivity index (χ1) is 12.7. The first kappa shape index (κ1) is 20.6. The molecular formula is C21H36N2O4. The van der Waals surface area contributed by atoms with Crippen molar-refractivity contribution in [2.45, 2.75) is 114 Å². The van der Waals surface area contributed by atoms with Gasteiger partial charge in [0.2, 0.25) is 11.8 Å². The van der Waals surface area contributed by atoms with E-state index in [9.17, 15) is 19.8 Å². The van der Waals surface area contributed by atoms with Gasteiger partial charge in [-0.3, -0.25) is 9.59 Å². The molecule has 27 heavy (non-hydrogen) atoms. The fourth-order valence-corrected chi connectivity index (χ4v) is 5.31. The van der Waals surface area contributed by atoms with Gasteiger partial charge in [-0.15, -0.1) is 0 Å². The van der Waals surface area contributed by atoms with Gasteiger partial charge in [-0.2, -0.15) is 0 Å². The molecule has 0 radical (unpaired) electrons. The lowest BCUT2D eigenvalue weighted by Crippen LogP contribution is -2.64. The van der Waals surface area contributed by atoms with Crippen molar-refractivity contribution in [3.63, 3.8) is 0 Å². The molecule has 0 bridgehead atoms. The van der Waals surface area contributed by atoms with Crippen molar-refractivity contribution >= 4 is 11.8 Å². The summed E-state index contributed by atoms with van der Waals surface area (Å²) < 4.78 is 0. The molecule has 0 aromatic carbocycles. The number of amides is 2. The van der Waals surface area contributed by atoms with E-state index in [0.29, 0.717) is 38.5 Å². The highest BCUT2D eigenvalue weighted by Crippen LogP contribution is 2.49. The predicted molar refractivity (Wildman–Crippen MR) is 103 cm³/mol. The average molecular weight is 381 g/mol. The van der Waals surface area contributed by atoms with E-state index in [2.05, 4.69) is 0 Å². The molecule has 0 aliphatic heterocycles. The van der Waals surface area contributed by atoms with Crippen molar-refractivity contribution in [3.8, 4) is 0 Å². The number of rotatable bonds is 6. The molecule has 0 heterocycles. The van der Waals surface area contributed by atoms with Gasteiger partial charge in [-0.1, -0.05) is 38.5 Å². The van der Waals surface area contributed by atoms with Gasteiger partial charge in [0.05, 0.1) is 23.3 Å². The number of aliphatic hydroxyl groups is 2. The second kappa shape index (κ2) is 7.36. The normalized spacial score (nSPS) is 28.0. The molecule has 3 fully saturated rings. The molecule has 3 aliphatic carbocycles. The number of nitrogens with two attached hydrogens (primary N) is 1. The van der Waals surface area contributed by atoms with Crippen molar-refractivity contribution in [1.29, 1.82) is 0 Å². The fourth-order valence-electron chi connectivity index (χ4n) is 5.31. The number of primary amides is 1. The molecule has 154 valence electrons. The minimum atomic E-state index is -1.14. The van der Waals surface area contributed by atoms with Gasteiger partial charge in [0, 0.05) is 0 Å². The Labute approximate surface area is 162 Å². The van der Waals surface area contributed by atoms with E-state index in [1.165, 1.54) is 0 Å². The summed E-state index contributed by atoms with van der Waals surface area (Å²) in [7, 11) is 0. The molecule has 0 aromatic rings. The lowest BCUT2D eigenvalue weighted by atomic mass is 9.75. The van der Waals surface area contributed by atoms with Gasteiger partial charge in [-0.05, 0) is 52.4 Å². The van der Waals surface area contributed by atoms with Gasteiger partial charge < -0.3 is 20.8 Å². The second-order valence-electron chi connectivity index (χ2n) is 9.34. The van der Waals surface area contributed by atoms with Crippen molar-refractivity contribution < 1.29 is 19.8 Å². The van der Waals surface area contributed by atoms with Crippen LogP contribution >= 0.6 is 0 Å². The number of hydrogen-bond donors (Lipinski definition) is 3. The number of nitrogens with zero attached hydrogens (tertiary/aromatic N) is 1. The molecule has 3 saturated carbocycles. The zero-order valence-corrected chi connectivity index (χ0v) is 16.9. The molecule has 3 aliphatic rings. The molecule has 2 atom stereocenters. The van der Waals surface area contributed by atoms with Crippen LogP contribution in [0.4, 0.5) is 0 Å². The van der Waals surface area contributed by atoms with E-state index in [1.54, 1.807) is 4.90 Å². The highest BCUT2D eigenvalue weighted by Gasteiger charge is 2.60. The van der Waals surface area contributed by atoms with Gasteiger partial charge in [0.25, 0.3) is 0 Å². The first-order valence-corrected chi connectivity index (χ1v) is 10.7. The maximum atomic E-state index is 13.5. The van der Waals surface area contributed by atoms with Crippen LogP contribution in [0, 0.1) is 5.41 Å². The summed E-state index contributed by atoms with van der Waals surface area (Å²) in [5, 5.41) is 22.6. The van der Waals surface area contributed by atoms with Gasteiger partial charge in [0.15, 0.2) is 0 Å². The van der Waals surface area contributed by atoms with Gasteiger partial charge in [0.1, 0.15) is 5.41 Å². The number of carbonyl (C=O) groups is 2. The number of carbonyl (C=O) groups excluding carboxylic acids is 2. The molecule has 3 rings (SSSR count). The Morgan fingerprint density at radius 1 is 0.778 bits per heavy atom. The van der Waals surface area contributed by atoms with Crippen LogP contribution < -0.4 is 5.73 Å². The van der Waals surface area contributed by atoms with E-state index in [0.717, 1.165) is 38.5 Å². The van der Waals surface area contributed by atoms with E-state index in [-0.39, 0.29) is 5.91 Å². The Morgan fingerprint density at radius 2 is 1.15 bits per heavy atom. The van der Waals surface area contributed by atoms with Crippen LogP contribution in [0.25, 0.3) is 0 Å². The molecule has 0 aromatic heterocycles. The third kappa shape index (κ3) is 3.63. The zero-order chi connectivity index (χ0) is 19.9. The molecule has 6 nitrogen and oxygen atoms in total. The summed E-state index contributed by atoms with van der Waals surface area (Å²) in [5.74, 6) is -0.879. The topological polar surface area (TPSA) is 104 Å². The molecule has 2 amide bonds. The Bertz CT molecular complexity index is 545. The Morgan fingerprint density at radius 3 is 1.44 bits per heavy atom. The first-order valence-electron chi connectivity index (χ1n) is 10.7. The van der Waals surface area contributed by atoms with Crippen molar-refractivity contribution in [2.24, 2.45) is 11.1 Å². The van der Waals surface area contributed by atoms with Crippen molar-refractivity contribution in [1.82, 2.24) is 4.90 Å². The minimum Gasteiger partial charge on any atom is -0.388 e. The van der Waals surface area contributed by atoms with Crippen LogP contribution in [0.3, 0.4) is 0 Å². The maximum absolute atomic E-state index is 13.5. The smallest absolute Gasteiger partial charge is 0.238 e. The predicted octanol–water partition coefficient (Wildman–Crippen LogP) is 2.25. The monoisotopic (exact) mass is 380 g/mol. The van der Waals surface area contributed by atoms with E-state index in [4.69, 9.17) is 5.73 Å². The van der Waals surface area contributed by atoms with Crippen molar-refractivity contribution in [2.75, 3.05) is 0 Å². The Kier molecular flexibility index (Phi) is 5.61. The molecule has 0 unspecified atom stereocenters. The molecule has 0 saturated heterocycles. The highest BCUT2D eigenvalue weighted by molar-refractivity contribution is 6.07. The van der Waals surface area contributed by atoms with Crippen LogP contribution in [-0.2, 0) is 9.59 Å². The third-order valence-corrected chi connectivity index (χ3v) is 7.69. The van der Waals surface area contributed by atoms with Crippen molar-refractivity contribution in [3.05, 3.63) is 0 Å². The summed E-state index contributed by atoms with van der Waals surface area (Å²) >= 11 is 0. The Hall–Kier alpha value is -1.14. The van der Waals surface area contributed by atoms with Gasteiger partial charge >= 0.3 is 0 Å². The molecule has 4 N–H and O–H groups in total. The SMILES string of the molecule is C[C@@H](N(C(=O)C1(C(N)=O)CC1)[C@H](C)C1(O)CCCCC1)C1(O)CCCCC1. The minimum absolute atomic E-state index is 0.298. The maximum Gasteiger partial charge on any atom is 0.238 e. The highest BCUT2D eigenvalue weighted by atomic mass is 16.3. The molecular weight excluding hydrogens is 344 g/mol. The second-order valence-corrected chi connectivity index (χ2v) is 9.34.